The van der Waals surface area contributed by atoms with Crippen molar-refractivity contribution in [2.24, 2.45) is 5.73 Å². The Morgan fingerprint density at radius 3 is 2.74 bits per heavy atom. The second kappa shape index (κ2) is 9.26. The van der Waals surface area contributed by atoms with Crippen LogP contribution in [0.3, 0.4) is 0 Å². The average Bonchev–Trinajstić information content (AvgIpc) is 3.38. The number of fused-ring (bicyclic) bond motifs is 1. The Balaban J connectivity index is 1.76. The van der Waals surface area contributed by atoms with Crippen LogP contribution in [0.15, 0.2) is 56.8 Å². The zero-order valence-electron chi connectivity index (χ0n) is 19.1. The molecule has 0 bridgehead atoms. The molecular weight excluding hydrogens is 493 g/mol. The Kier molecular flexibility index (Phi) is 6.50. The summed E-state index contributed by atoms with van der Waals surface area (Å²) >= 11 is 0.801. The summed E-state index contributed by atoms with van der Waals surface area (Å²) in [4.78, 5) is 15.8. The fourth-order valence-corrected chi connectivity index (χ4v) is 5.21. The van der Waals surface area contributed by atoms with Gasteiger partial charge in [0.15, 0.2) is 5.58 Å². The van der Waals surface area contributed by atoms with Crippen LogP contribution < -0.4 is 16.2 Å². The van der Waals surface area contributed by atoms with E-state index >= 15 is 4.39 Å². The normalized spacial score (nSPS) is 12.8. The molecule has 4 aromatic rings. The molecule has 35 heavy (non-hydrogen) atoms. The maximum absolute atomic E-state index is 15.0. The molecule has 1 atom stereocenters. The van der Waals surface area contributed by atoms with Gasteiger partial charge in [-0.1, -0.05) is 30.0 Å². The number of nitrogens with zero attached hydrogens (tertiary/aromatic N) is 3. The molecule has 0 fully saturated rings. The molecule has 0 spiro atoms. The number of nitrogens with one attached hydrogen (secondary N) is 1. The van der Waals surface area contributed by atoms with Gasteiger partial charge in [0.05, 0.1) is 11.6 Å². The SMILES string of the molecule is CC(c1ccccc1C#CCC(C)(C)N)n1c(=O)oc2cc(S(=O)(=O)Nc3ncns3)c(F)cc21. The van der Waals surface area contributed by atoms with Gasteiger partial charge >= 0.3 is 5.76 Å². The molecule has 0 radical (unpaired) electrons. The summed E-state index contributed by atoms with van der Waals surface area (Å²) < 4.78 is 52.8. The molecule has 9 nitrogen and oxygen atoms in total. The number of hydrogen-bond donors (Lipinski definition) is 2. The molecule has 0 saturated carbocycles. The highest BCUT2D eigenvalue weighted by molar-refractivity contribution is 7.93. The van der Waals surface area contributed by atoms with Crippen molar-refractivity contribution in [3.8, 4) is 11.8 Å². The van der Waals surface area contributed by atoms with Crippen LogP contribution in [0, 0.1) is 17.7 Å². The predicted molar refractivity (Wildman–Crippen MR) is 131 cm³/mol. The standard InChI is InChI=1S/C23H22FN5O4S2/c1-14(16-9-5-4-7-15(16)8-6-10-23(2,3)25)29-18-11-17(24)20(12-19(18)33-22(29)30)35(31,32)28-21-26-13-27-34-21/h4-5,7,9,11-14H,10,25H2,1-3H3,(H,26,27,28). The van der Waals surface area contributed by atoms with Crippen molar-refractivity contribution in [1.29, 1.82) is 0 Å². The van der Waals surface area contributed by atoms with Crippen LogP contribution in [0.1, 0.15) is 44.4 Å². The third kappa shape index (κ3) is 5.27. The van der Waals surface area contributed by atoms with Gasteiger partial charge in [-0.15, -0.1) is 0 Å². The first kappa shape index (κ1) is 24.6. The molecule has 0 aliphatic rings. The molecule has 0 aliphatic heterocycles. The number of oxazole rings is 1. The maximum atomic E-state index is 15.0. The summed E-state index contributed by atoms with van der Waals surface area (Å²) in [6, 6.07) is 8.63. The lowest BCUT2D eigenvalue weighted by molar-refractivity contribution is 0.489. The lowest BCUT2D eigenvalue weighted by atomic mass is 9.99. The molecule has 0 saturated heterocycles. The van der Waals surface area contributed by atoms with Crippen LogP contribution in [-0.4, -0.2) is 27.9 Å². The fourth-order valence-electron chi connectivity index (χ4n) is 3.48. The highest BCUT2D eigenvalue weighted by atomic mass is 32.2. The number of aromatic nitrogens is 3. The van der Waals surface area contributed by atoms with Crippen molar-refractivity contribution in [1.82, 2.24) is 13.9 Å². The van der Waals surface area contributed by atoms with Crippen molar-refractivity contribution in [3.63, 3.8) is 0 Å². The van der Waals surface area contributed by atoms with E-state index < -0.39 is 38.1 Å². The summed E-state index contributed by atoms with van der Waals surface area (Å²) in [5, 5.41) is -0.0205. The monoisotopic (exact) mass is 515 g/mol. The van der Waals surface area contributed by atoms with Crippen LogP contribution in [0.2, 0.25) is 0 Å². The Hall–Kier alpha value is -3.53. The van der Waals surface area contributed by atoms with Gasteiger partial charge in [-0.25, -0.2) is 22.6 Å². The van der Waals surface area contributed by atoms with Gasteiger partial charge in [-0.2, -0.15) is 4.37 Å². The molecule has 2 aromatic heterocycles. The van der Waals surface area contributed by atoms with Gasteiger partial charge in [0.2, 0.25) is 5.13 Å². The zero-order chi connectivity index (χ0) is 25.4. The molecule has 2 aromatic carbocycles. The highest BCUT2D eigenvalue weighted by Gasteiger charge is 2.26. The topological polar surface area (TPSA) is 133 Å². The van der Waals surface area contributed by atoms with E-state index in [-0.39, 0.29) is 16.2 Å². The van der Waals surface area contributed by atoms with Crippen LogP contribution in [-0.2, 0) is 10.0 Å². The Morgan fingerprint density at radius 1 is 1.31 bits per heavy atom. The Bertz CT molecular complexity index is 1610. The molecule has 182 valence electrons. The average molecular weight is 516 g/mol. The molecule has 0 amide bonds. The molecule has 3 N–H and O–H groups in total. The third-order valence-electron chi connectivity index (χ3n) is 5.10. The number of rotatable bonds is 6. The molecule has 12 heteroatoms. The first-order valence-corrected chi connectivity index (χ1v) is 12.7. The van der Waals surface area contributed by atoms with E-state index in [0.29, 0.717) is 12.0 Å². The smallest absolute Gasteiger partial charge is 0.408 e. The number of hydrogen-bond acceptors (Lipinski definition) is 8. The number of anilines is 1. The maximum Gasteiger partial charge on any atom is 0.420 e. The summed E-state index contributed by atoms with van der Waals surface area (Å²) in [6.07, 6.45) is 1.64. The van der Waals surface area contributed by atoms with Crippen molar-refractivity contribution in [2.45, 2.75) is 43.7 Å². The second-order valence-electron chi connectivity index (χ2n) is 8.57. The zero-order valence-corrected chi connectivity index (χ0v) is 20.7. The Labute approximate surface area is 205 Å². The summed E-state index contributed by atoms with van der Waals surface area (Å²) in [7, 11) is -4.33. The van der Waals surface area contributed by atoms with Gasteiger partial charge in [-0.3, -0.25) is 9.29 Å². The van der Waals surface area contributed by atoms with Crippen molar-refractivity contribution in [3.05, 3.63) is 70.2 Å². The summed E-state index contributed by atoms with van der Waals surface area (Å²) in [5.41, 5.74) is 6.99. The van der Waals surface area contributed by atoms with E-state index in [0.717, 1.165) is 29.2 Å². The molecule has 4 rings (SSSR count). The van der Waals surface area contributed by atoms with Crippen LogP contribution >= 0.6 is 11.5 Å². The molecule has 2 heterocycles. The molecule has 1 unspecified atom stereocenters. The summed E-state index contributed by atoms with van der Waals surface area (Å²) in [6.45, 7) is 5.50. The lowest BCUT2D eigenvalue weighted by Gasteiger charge is -2.16. The van der Waals surface area contributed by atoms with E-state index in [1.807, 2.05) is 38.1 Å². The van der Waals surface area contributed by atoms with E-state index in [1.54, 1.807) is 6.92 Å². The minimum Gasteiger partial charge on any atom is -0.408 e. The molecular formula is C23H22FN5O4S2. The van der Waals surface area contributed by atoms with Crippen molar-refractivity contribution in [2.75, 3.05) is 4.72 Å². The van der Waals surface area contributed by atoms with Gasteiger partial charge < -0.3 is 10.2 Å². The fraction of sp³-hybridized carbons (Fsp3) is 0.261. The first-order valence-electron chi connectivity index (χ1n) is 10.5. The number of nitrogens with two attached hydrogens (primary N) is 1. The van der Waals surface area contributed by atoms with E-state index in [2.05, 4.69) is 25.9 Å². The second-order valence-corrected chi connectivity index (χ2v) is 11.0. The predicted octanol–water partition coefficient (Wildman–Crippen LogP) is 3.47. The third-order valence-corrected chi connectivity index (χ3v) is 7.17. The van der Waals surface area contributed by atoms with Gasteiger partial charge in [0.1, 0.15) is 17.0 Å². The van der Waals surface area contributed by atoms with Gasteiger partial charge in [0.25, 0.3) is 10.0 Å². The summed E-state index contributed by atoms with van der Waals surface area (Å²) in [5.74, 6) is 4.34. The van der Waals surface area contributed by atoms with Gasteiger partial charge in [0, 0.05) is 41.2 Å². The van der Waals surface area contributed by atoms with E-state index in [4.69, 9.17) is 10.2 Å². The van der Waals surface area contributed by atoms with Crippen molar-refractivity contribution < 1.29 is 17.2 Å². The van der Waals surface area contributed by atoms with Gasteiger partial charge in [-0.05, 0) is 32.4 Å². The van der Waals surface area contributed by atoms with Crippen LogP contribution in [0.25, 0.3) is 11.1 Å². The van der Waals surface area contributed by atoms with Crippen LogP contribution in [0.5, 0.6) is 0 Å². The van der Waals surface area contributed by atoms with E-state index in [9.17, 15) is 13.2 Å². The van der Waals surface area contributed by atoms with Crippen LogP contribution in [0.4, 0.5) is 9.52 Å². The first-order chi connectivity index (χ1) is 16.5. The Morgan fingerprint density at radius 2 is 2.06 bits per heavy atom. The van der Waals surface area contributed by atoms with E-state index in [1.165, 1.54) is 10.9 Å². The number of benzene rings is 2. The number of halogens is 1. The minimum atomic E-state index is -4.33. The number of sulfonamides is 1. The molecule has 0 aliphatic carbocycles. The minimum absolute atomic E-state index is 0.0205. The van der Waals surface area contributed by atoms with Crippen molar-refractivity contribution >= 4 is 37.8 Å². The quantitative estimate of drug-likeness (QED) is 0.376. The highest BCUT2D eigenvalue weighted by Crippen LogP contribution is 2.29. The largest absolute Gasteiger partial charge is 0.420 e. The lowest BCUT2D eigenvalue weighted by Crippen LogP contribution is -2.30.